The number of thioether (sulfide) groups is 1. The van der Waals surface area contributed by atoms with Crippen LogP contribution in [-0.4, -0.2) is 44.7 Å². The zero-order chi connectivity index (χ0) is 23.6. The predicted molar refractivity (Wildman–Crippen MR) is 127 cm³/mol. The second kappa shape index (κ2) is 11.6. The van der Waals surface area contributed by atoms with E-state index in [1.165, 1.54) is 30.1 Å². The van der Waals surface area contributed by atoms with Gasteiger partial charge in [-0.15, -0.1) is 10.2 Å². The number of methoxy groups -OCH3 is 1. The first-order chi connectivity index (χ1) is 16.0. The normalized spacial score (nSPS) is 11.2. The monoisotopic (exact) mass is 466 g/mol. The summed E-state index contributed by atoms with van der Waals surface area (Å²) in [6, 6.07) is 13.9. The van der Waals surface area contributed by atoms with Crippen LogP contribution in [0.25, 0.3) is 17.5 Å². The van der Waals surface area contributed by atoms with Crippen molar-refractivity contribution in [2.45, 2.75) is 18.6 Å². The Morgan fingerprint density at radius 3 is 2.70 bits per heavy atom. The van der Waals surface area contributed by atoms with E-state index in [4.69, 9.17) is 4.74 Å². The van der Waals surface area contributed by atoms with Gasteiger partial charge in [0.15, 0.2) is 11.0 Å². The molecule has 10 nitrogen and oxygen atoms in total. The van der Waals surface area contributed by atoms with Crippen molar-refractivity contribution in [1.82, 2.24) is 20.2 Å². The summed E-state index contributed by atoms with van der Waals surface area (Å²) in [5.74, 6) is 1.25. The maximum atomic E-state index is 12.1. The van der Waals surface area contributed by atoms with Gasteiger partial charge in [0.25, 0.3) is 11.6 Å². The van der Waals surface area contributed by atoms with Crippen LogP contribution >= 0.6 is 11.8 Å². The molecule has 0 spiro atoms. The van der Waals surface area contributed by atoms with Crippen LogP contribution in [0.4, 0.5) is 5.69 Å². The zero-order valence-corrected chi connectivity index (χ0v) is 18.9. The third-order valence-electron chi connectivity index (χ3n) is 4.47. The number of benzene rings is 2. The van der Waals surface area contributed by atoms with Crippen molar-refractivity contribution >= 4 is 35.6 Å². The Morgan fingerprint density at radius 1 is 1.24 bits per heavy atom. The van der Waals surface area contributed by atoms with Crippen LogP contribution in [0, 0.1) is 10.1 Å². The molecule has 0 fully saturated rings. The predicted octanol–water partition coefficient (Wildman–Crippen LogP) is 3.79. The summed E-state index contributed by atoms with van der Waals surface area (Å²) in [4.78, 5) is 22.7. The van der Waals surface area contributed by atoms with Crippen molar-refractivity contribution in [2.75, 3.05) is 12.9 Å². The molecule has 33 heavy (non-hydrogen) atoms. The van der Waals surface area contributed by atoms with Crippen LogP contribution in [0.2, 0.25) is 0 Å². The molecule has 1 aromatic heterocycles. The summed E-state index contributed by atoms with van der Waals surface area (Å²) in [6.45, 7) is 2.63. The first-order valence-electron chi connectivity index (χ1n) is 9.96. The second-order valence-corrected chi connectivity index (χ2v) is 7.50. The molecule has 1 N–H and O–H groups in total. The van der Waals surface area contributed by atoms with Crippen molar-refractivity contribution in [3.05, 3.63) is 70.3 Å². The molecular formula is C22H22N6O4S. The topological polar surface area (TPSA) is 125 Å². The molecule has 0 atom stereocenters. The summed E-state index contributed by atoms with van der Waals surface area (Å²) in [7, 11) is 1.61. The number of amides is 1. The number of nitrogens with zero attached hydrogens (tertiary/aromatic N) is 5. The number of carbonyl (C=O) groups is 1. The average molecular weight is 467 g/mol. The largest absolute Gasteiger partial charge is 0.497 e. The molecule has 3 aromatic rings. The fraction of sp³-hybridized carbons (Fsp3) is 0.182. The number of allylic oxidation sites excluding steroid dienone is 1. The molecule has 1 heterocycles. The molecule has 0 saturated carbocycles. The molecule has 0 radical (unpaired) electrons. The number of para-hydroxylation sites is 1. The van der Waals surface area contributed by atoms with E-state index >= 15 is 0 Å². The van der Waals surface area contributed by atoms with Gasteiger partial charge < -0.3 is 9.30 Å². The molecule has 3 rings (SSSR count). The molecule has 0 aliphatic rings. The Balaban J connectivity index is 1.55. The maximum Gasteiger partial charge on any atom is 0.276 e. The minimum absolute atomic E-state index is 0.00312. The van der Waals surface area contributed by atoms with Crippen LogP contribution in [0.3, 0.4) is 0 Å². The van der Waals surface area contributed by atoms with Gasteiger partial charge in [0, 0.05) is 24.4 Å². The third-order valence-corrected chi connectivity index (χ3v) is 5.44. The molecule has 0 saturated heterocycles. The number of rotatable bonds is 10. The molecule has 2 aromatic carbocycles. The van der Waals surface area contributed by atoms with Gasteiger partial charge in [0.1, 0.15) is 5.75 Å². The van der Waals surface area contributed by atoms with E-state index in [-0.39, 0.29) is 17.3 Å². The number of hydrazone groups is 1. The number of aromatic nitrogens is 3. The van der Waals surface area contributed by atoms with Crippen molar-refractivity contribution < 1.29 is 14.5 Å². The number of hydrogen-bond acceptors (Lipinski definition) is 8. The molecule has 0 aliphatic heterocycles. The number of nitrogens with one attached hydrogen (secondary N) is 1. The van der Waals surface area contributed by atoms with Crippen molar-refractivity contribution in [3.8, 4) is 17.1 Å². The van der Waals surface area contributed by atoms with Gasteiger partial charge >= 0.3 is 0 Å². The van der Waals surface area contributed by atoms with Crippen LogP contribution in [0.15, 0.2) is 64.9 Å². The fourth-order valence-electron chi connectivity index (χ4n) is 2.89. The SMILES string of the molecule is CCn1c(SCC(=O)N/N=C\C=C\c2ccccc2[N+](=O)[O-])nnc1-c1ccc(OC)cc1. The number of nitro benzene ring substituents is 1. The lowest BCUT2D eigenvalue weighted by Gasteiger charge is -2.07. The number of nitro groups is 1. The highest BCUT2D eigenvalue weighted by Crippen LogP contribution is 2.25. The average Bonchev–Trinajstić information content (AvgIpc) is 3.25. The van der Waals surface area contributed by atoms with Crippen LogP contribution in [-0.2, 0) is 11.3 Å². The number of carbonyl (C=O) groups excluding carboxylic acids is 1. The third kappa shape index (κ3) is 6.26. The van der Waals surface area contributed by atoms with Crippen LogP contribution in [0.5, 0.6) is 5.75 Å². The molecule has 0 aliphatic carbocycles. The van der Waals surface area contributed by atoms with Crippen molar-refractivity contribution in [3.63, 3.8) is 0 Å². The standard InChI is InChI=1S/C22H22N6O4S/c1-3-27-21(17-10-12-18(32-2)13-11-17)25-26-22(27)33-15-20(29)24-23-14-6-8-16-7-4-5-9-19(16)28(30)31/h4-14H,3,15H2,1-2H3,(H,24,29)/b8-6+,23-14-. The quantitative estimate of drug-likeness (QED) is 0.209. The van der Waals surface area contributed by atoms with E-state index in [2.05, 4.69) is 20.7 Å². The highest BCUT2D eigenvalue weighted by molar-refractivity contribution is 7.99. The van der Waals surface area contributed by atoms with E-state index in [0.717, 1.165) is 11.3 Å². The van der Waals surface area contributed by atoms with E-state index in [1.807, 2.05) is 35.8 Å². The zero-order valence-electron chi connectivity index (χ0n) is 18.0. The molecule has 11 heteroatoms. The van der Waals surface area contributed by atoms with Crippen LogP contribution in [0.1, 0.15) is 12.5 Å². The highest BCUT2D eigenvalue weighted by Gasteiger charge is 2.14. The summed E-state index contributed by atoms with van der Waals surface area (Å²) in [5, 5.41) is 23.9. The summed E-state index contributed by atoms with van der Waals surface area (Å²) < 4.78 is 7.11. The second-order valence-electron chi connectivity index (χ2n) is 6.56. The maximum absolute atomic E-state index is 12.1. The Labute approximate surface area is 194 Å². The number of ether oxygens (including phenoxy) is 1. The lowest BCUT2D eigenvalue weighted by Crippen LogP contribution is -2.19. The summed E-state index contributed by atoms with van der Waals surface area (Å²) >= 11 is 1.25. The van der Waals surface area contributed by atoms with Gasteiger partial charge in [-0.3, -0.25) is 14.9 Å². The van der Waals surface area contributed by atoms with Gasteiger partial charge in [-0.05, 0) is 49.4 Å². The van der Waals surface area contributed by atoms with Gasteiger partial charge in [0.05, 0.1) is 23.3 Å². The van der Waals surface area contributed by atoms with E-state index in [9.17, 15) is 14.9 Å². The van der Waals surface area contributed by atoms with Crippen molar-refractivity contribution in [1.29, 1.82) is 0 Å². The van der Waals surface area contributed by atoms with E-state index in [0.29, 0.717) is 23.1 Å². The van der Waals surface area contributed by atoms with Gasteiger partial charge in [-0.25, -0.2) is 5.43 Å². The Kier molecular flexibility index (Phi) is 8.30. The van der Waals surface area contributed by atoms with E-state index < -0.39 is 4.92 Å². The Bertz CT molecular complexity index is 1170. The van der Waals surface area contributed by atoms with Gasteiger partial charge in [-0.2, -0.15) is 5.10 Å². The van der Waals surface area contributed by atoms with Crippen molar-refractivity contribution in [2.24, 2.45) is 5.10 Å². The smallest absolute Gasteiger partial charge is 0.276 e. The first kappa shape index (κ1) is 23.7. The minimum atomic E-state index is -0.453. The fourth-order valence-corrected chi connectivity index (χ4v) is 3.68. The van der Waals surface area contributed by atoms with Gasteiger partial charge in [0.2, 0.25) is 0 Å². The molecule has 1 amide bonds. The first-order valence-corrected chi connectivity index (χ1v) is 10.9. The molecular weight excluding hydrogens is 444 g/mol. The van der Waals surface area contributed by atoms with Gasteiger partial charge in [-0.1, -0.05) is 23.9 Å². The molecule has 170 valence electrons. The van der Waals surface area contributed by atoms with E-state index in [1.54, 1.807) is 31.4 Å². The summed E-state index contributed by atoms with van der Waals surface area (Å²) in [6.07, 6.45) is 4.42. The lowest BCUT2D eigenvalue weighted by molar-refractivity contribution is -0.385. The Hall–Kier alpha value is -3.99. The Morgan fingerprint density at radius 2 is 2.00 bits per heavy atom. The number of hydrogen-bond donors (Lipinski definition) is 1. The molecule has 0 bridgehead atoms. The lowest BCUT2D eigenvalue weighted by atomic mass is 10.2. The minimum Gasteiger partial charge on any atom is -0.497 e. The van der Waals surface area contributed by atoms with Crippen LogP contribution < -0.4 is 10.2 Å². The summed E-state index contributed by atoms with van der Waals surface area (Å²) in [5.41, 5.74) is 3.76. The molecule has 0 unspecified atom stereocenters. The highest BCUT2D eigenvalue weighted by atomic mass is 32.2.